The van der Waals surface area contributed by atoms with E-state index in [0.29, 0.717) is 16.1 Å². The number of nitrogens with one attached hydrogen (secondary N) is 2. The Morgan fingerprint density at radius 1 is 1.19 bits per heavy atom. The van der Waals surface area contributed by atoms with E-state index in [1.807, 2.05) is 54.8 Å². The molecule has 2 aromatic carbocycles. The first-order valence-corrected chi connectivity index (χ1v) is 9.29. The molecule has 0 saturated carbocycles. The van der Waals surface area contributed by atoms with Gasteiger partial charge in [-0.15, -0.1) is 11.3 Å². The van der Waals surface area contributed by atoms with E-state index >= 15 is 0 Å². The van der Waals surface area contributed by atoms with Crippen LogP contribution in [0.15, 0.2) is 53.9 Å². The lowest BCUT2D eigenvalue weighted by atomic mass is 10.1. The van der Waals surface area contributed by atoms with Crippen molar-refractivity contribution < 1.29 is 9.90 Å². The first-order chi connectivity index (χ1) is 13.1. The van der Waals surface area contributed by atoms with Crippen LogP contribution in [0.5, 0.6) is 5.75 Å². The van der Waals surface area contributed by atoms with Crippen LogP contribution in [0.4, 0.5) is 5.69 Å². The molecule has 0 spiro atoms. The van der Waals surface area contributed by atoms with E-state index in [2.05, 4.69) is 15.5 Å². The molecule has 3 N–H and O–H groups in total. The number of aromatic nitrogens is 2. The third kappa shape index (κ3) is 3.47. The SMILES string of the molecule is Cc1ccsc1C(=O)Nc1ccc(O)cc1/C=C/c1n[nH]c2ccccc12. The molecule has 0 aliphatic rings. The van der Waals surface area contributed by atoms with Crippen LogP contribution in [0.1, 0.15) is 26.5 Å². The predicted octanol–water partition coefficient (Wildman–Crippen LogP) is 5.06. The average molecular weight is 375 g/mol. The van der Waals surface area contributed by atoms with Crippen LogP contribution in [0.25, 0.3) is 23.1 Å². The molecule has 2 heterocycles. The number of carbonyl (C=O) groups is 1. The topological polar surface area (TPSA) is 78.0 Å². The van der Waals surface area contributed by atoms with E-state index in [-0.39, 0.29) is 11.7 Å². The van der Waals surface area contributed by atoms with Crippen molar-refractivity contribution in [1.82, 2.24) is 10.2 Å². The zero-order valence-electron chi connectivity index (χ0n) is 14.6. The molecule has 5 nitrogen and oxygen atoms in total. The van der Waals surface area contributed by atoms with Gasteiger partial charge in [-0.2, -0.15) is 5.10 Å². The minimum Gasteiger partial charge on any atom is -0.508 e. The van der Waals surface area contributed by atoms with Gasteiger partial charge in [0, 0.05) is 16.6 Å². The molecule has 0 unspecified atom stereocenters. The van der Waals surface area contributed by atoms with E-state index in [1.165, 1.54) is 11.3 Å². The average Bonchev–Trinajstić information content (AvgIpc) is 3.28. The number of H-pyrrole nitrogens is 1. The molecule has 0 fully saturated rings. The predicted molar refractivity (Wildman–Crippen MR) is 110 cm³/mol. The molecule has 0 aliphatic heterocycles. The standard InChI is InChI=1S/C21H17N3O2S/c1-13-10-11-27-20(13)21(26)22-17-9-7-15(25)12-14(17)6-8-19-16-4-2-3-5-18(16)23-24-19/h2-12,25H,1H3,(H,22,26)(H,23,24)/b8-6+. The number of benzene rings is 2. The number of hydrogen-bond donors (Lipinski definition) is 3. The Kier molecular flexibility index (Phi) is 4.48. The van der Waals surface area contributed by atoms with Gasteiger partial charge in [0.2, 0.25) is 0 Å². The Morgan fingerprint density at radius 2 is 2.04 bits per heavy atom. The van der Waals surface area contributed by atoms with Crippen molar-refractivity contribution in [2.75, 3.05) is 5.32 Å². The summed E-state index contributed by atoms with van der Waals surface area (Å²) in [7, 11) is 0. The molecule has 0 bridgehead atoms. The van der Waals surface area contributed by atoms with Gasteiger partial charge in [-0.3, -0.25) is 9.89 Å². The Morgan fingerprint density at radius 3 is 2.85 bits per heavy atom. The number of para-hydroxylation sites is 1. The molecule has 0 saturated heterocycles. The normalized spacial score (nSPS) is 11.3. The molecule has 1 amide bonds. The number of aryl methyl sites for hydroxylation is 1. The van der Waals surface area contributed by atoms with Gasteiger partial charge in [-0.1, -0.05) is 24.3 Å². The van der Waals surface area contributed by atoms with Crippen molar-refractivity contribution in [3.05, 3.63) is 75.6 Å². The highest BCUT2D eigenvalue weighted by molar-refractivity contribution is 7.12. The number of nitrogens with zero attached hydrogens (tertiary/aromatic N) is 1. The summed E-state index contributed by atoms with van der Waals surface area (Å²) < 4.78 is 0. The lowest BCUT2D eigenvalue weighted by Gasteiger charge is -2.09. The number of amides is 1. The zero-order valence-corrected chi connectivity index (χ0v) is 15.4. The van der Waals surface area contributed by atoms with E-state index in [1.54, 1.807) is 18.2 Å². The van der Waals surface area contributed by atoms with Crippen LogP contribution in [0.3, 0.4) is 0 Å². The second-order valence-electron chi connectivity index (χ2n) is 6.15. The molecule has 27 heavy (non-hydrogen) atoms. The molecule has 4 aromatic rings. The van der Waals surface area contributed by atoms with Crippen LogP contribution in [0, 0.1) is 6.92 Å². The molecule has 0 radical (unpaired) electrons. The van der Waals surface area contributed by atoms with Gasteiger partial charge >= 0.3 is 0 Å². The lowest BCUT2D eigenvalue weighted by molar-refractivity contribution is 0.103. The van der Waals surface area contributed by atoms with Crippen molar-refractivity contribution in [2.45, 2.75) is 6.92 Å². The third-order valence-electron chi connectivity index (χ3n) is 4.27. The number of carbonyl (C=O) groups excluding carboxylic acids is 1. The van der Waals surface area contributed by atoms with Gasteiger partial charge in [-0.25, -0.2) is 0 Å². The highest BCUT2D eigenvalue weighted by Gasteiger charge is 2.12. The molecular formula is C21H17N3O2S. The second kappa shape index (κ2) is 7.09. The lowest BCUT2D eigenvalue weighted by Crippen LogP contribution is -2.12. The largest absolute Gasteiger partial charge is 0.508 e. The van der Waals surface area contributed by atoms with Gasteiger partial charge in [0.25, 0.3) is 5.91 Å². The maximum absolute atomic E-state index is 12.5. The Balaban J connectivity index is 1.65. The van der Waals surface area contributed by atoms with Crippen molar-refractivity contribution >= 4 is 46.0 Å². The number of phenols is 1. The number of aromatic hydroxyl groups is 1. The zero-order chi connectivity index (χ0) is 18.8. The van der Waals surface area contributed by atoms with Crippen molar-refractivity contribution in [1.29, 1.82) is 0 Å². The molecule has 134 valence electrons. The maximum atomic E-state index is 12.5. The number of hydrogen-bond acceptors (Lipinski definition) is 4. The minimum atomic E-state index is -0.159. The summed E-state index contributed by atoms with van der Waals surface area (Å²) >= 11 is 1.41. The van der Waals surface area contributed by atoms with Crippen molar-refractivity contribution in [3.63, 3.8) is 0 Å². The van der Waals surface area contributed by atoms with Gasteiger partial charge in [0.1, 0.15) is 5.75 Å². The van der Waals surface area contributed by atoms with Crippen molar-refractivity contribution in [2.24, 2.45) is 0 Å². The van der Waals surface area contributed by atoms with Gasteiger partial charge in [0.05, 0.1) is 16.1 Å². The first-order valence-electron chi connectivity index (χ1n) is 8.41. The minimum absolute atomic E-state index is 0.131. The fourth-order valence-electron chi connectivity index (χ4n) is 2.87. The molecule has 0 atom stereocenters. The number of thiophene rings is 1. The van der Waals surface area contributed by atoms with Crippen LogP contribution in [-0.2, 0) is 0 Å². The quantitative estimate of drug-likeness (QED) is 0.436. The Labute approximate surface area is 160 Å². The molecule has 6 heteroatoms. The number of aromatic amines is 1. The summed E-state index contributed by atoms with van der Waals surface area (Å²) in [5, 5.41) is 23.0. The molecule has 0 aliphatic carbocycles. The van der Waals surface area contributed by atoms with Crippen LogP contribution in [-0.4, -0.2) is 21.2 Å². The van der Waals surface area contributed by atoms with Gasteiger partial charge < -0.3 is 10.4 Å². The Hall–Kier alpha value is -3.38. The highest BCUT2D eigenvalue weighted by atomic mass is 32.1. The molecule has 2 aromatic heterocycles. The summed E-state index contributed by atoms with van der Waals surface area (Å²) in [4.78, 5) is 13.2. The number of fused-ring (bicyclic) bond motifs is 1. The van der Waals surface area contributed by atoms with E-state index < -0.39 is 0 Å². The van der Waals surface area contributed by atoms with Gasteiger partial charge in [0.15, 0.2) is 0 Å². The summed E-state index contributed by atoms with van der Waals surface area (Å²) in [6, 6.07) is 14.6. The van der Waals surface area contributed by atoms with Gasteiger partial charge in [-0.05, 0) is 54.3 Å². The fourth-order valence-corrected chi connectivity index (χ4v) is 3.69. The summed E-state index contributed by atoms with van der Waals surface area (Å²) in [6.45, 7) is 1.91. The smallest absolute Gasteiger partial charge is 0.266 e. The summed E-state index contributed by atoms with van der Waals surface area (Å²) in [5.74, 6) is -0.0279. The number of rotatable bonds is 4. The Bertz CT molecular complexity index is 1160. The highest BCUT2D eigenvalue weighted by Crippen LogP contribution is 2.26. The van der Waals surface area contributed by atoms with Crippen LogP contribution in [0.2, 0.25) is 0 Å². The number of phenolic OH excluding ortho intramolecular Hbond substituents is 1. The summed E-state index contributed by atoms with van der Waals surface area (Å²) in [6.07, 6.45) is 3.69. The van der Waals surface area contributed by atoms with Crippen molar-refractivity contribution in [3.8, 4) is 5.75 Å². The van der Waals surface area contributed by atoms with E-state index in [9.17, 15) is 9.90 Å². The molecular weight excluding hydrogens is 358 g/mol. The first kappa shape index (κ1) is 17.1. The third-order valence-corrected chi connectivity index (χ3v) is 5.29. The monoisotopic (exact) mass is 375 g/mol. The number of anilines is 1. The van der Waals surface area contributed by atoms with E-state index in [0.717, 1.165) is 22.2 Å². The fraction of sp³-hybridized carbons (Fsp3) is 0.0476. The summed E-state index contributed by atoms with van der Waals surface area (Å²) in [5.41, 5.74) is 4.01. The molecule has 4 rings (SSSR count). The van der Waals surface area contributed by atoms with E-state index in [4.69, 9.17) is 0 Å². The van der Waals surface area contributed by atoms with Crippen LogP contribution >= 0.6 is 11.3 Å². The maximum Gasteiger partial charge on any atom is 0.266 e. The van der Waals surface area contributed by atoms with Crippen LogP contribution < -0.4 is 5.32 Å². The second-order valence-corrected chi connectivity index (χ2v) is 7.06.